The van der Waals surface area contributed by atoms with Gasteiger partial charge < -0.3 is 5.32 Å². The zero-order valence-corrected chi connectivity index (χ0v) is 11.8. The Hall–Kier alpha value is -0.880. The fourth-order valence-corrected chi connectivity index (χ4v) is 2.20. The molecule has 0 aliphatic heterocycles. The Labute approximate surface area is 113 Å². The minimum Gasteiger partial charge on any atom is -0.378 e. The number of rotatable bonds is 6. The van der Waals surface area contributed by atoms with E-state index in [9.17, 15) is 9.00 Å². The van der Waals surface area contributed by atoms with Crippen LogP contribution in [0.1, 0.15) is 12.8 Å². The van der Waals surface area contributed by atoms with Crippen molar-refractivity contribution >= 4 is 28.1 Å². The molecule has 5 nitrogen and oxygen atoms in total. The van der Waals surface area contributed by atoms with Gasteiger partial charge in [0, 0.05) is 35.9 Å². The Morgan fingerprint density at radius 3 is 2.94 bits per heavy atom. The third kappa shape index (κ3) is 3.55. The van der Waals surface area contributed by atoms with Crippen molar-refractivity contribution in [2.24, 2.45) is 5.92 Å². The van der Waals surface area contributed by atoms with Crippen LogP contribution in [-0.4, -0.2) is 32.5 Å². The molecule has 0 bridgehead atoms. The summed E-state index contributed by atoms with van der Waals surface area (Å²) in [5, 5.41) is 7.30. The van der Waals surface area contributed by atoms with Crippen LogP contribution in [0.15, 0.2) is 11.0 Å². The van der Waals surface area contributed by atoms with Gasteiger partial charge in [0.05, 0.1) is 11.2 Å². The van der Waals surface area contributed by atoms with E-state index in [1.54, 1.807) is 6.26 Å². The molecular formula is C11H16ClN3O2S. The summed E-state index contributed by atoms with van der Waals surface area (Å²) in [4.78, 5) is 12.1. The molecule has 1 N–H and O–H groups in total. The molecule has 1 aromatic rings. The van der Waals surface area contributed by atoms with E-state index in [0.29, 0.717) is 35.5 Å². The molecule has 0 amide bonds. The Balaban J connectivity index is 2.11. The Bertz CT molecular complexity index is 514. The van der Waals surface area contributed by atoms with Gasteiger partial charge in [0.2, 0.25) is 0 Å². The third-order valence-electron chi connectivity index (χ3n) is 2.82. The third-order valence-corrected chi connectivity index (χ3v) is 3.88. The lowest BCUT2D eigenvalue weighted by Gasteiger charge is -2.09. The molecule has 2 rings (SSSR count). The second-order valence-electron chi connectivity index (χ2n) is 4.50. The Morgan fingerprint density at radius 2 is 2.33 bits per heavy atom. The van der Waals surface area contributed by atoms with Gasteiger partial charge in [0.15, 0.2) is 0 Å². The van der Waals surface area contributed by atoms with Crippen LogP contribution in [-0.2, 0) is 17.3 Å². The highest BCUT2D eigenvalue weighted by Gasteiger charge is 2.23. The fraction of sp³-hybridized carbons (Fsp3) is 0.636. The molecule has 1 heterocycles. The van der Waals surface area contributed by atoms with Gasteiger partial charge in [0.1, 0.15) is 5.69 Å². The summed E-state index contributed by atoms with van der Waals surface area (Å²) in [5.41, 5.74) is 0.161. The summed E-state index contributed by atoms with van der Waals surface area (Å²) in [6, 6.07) is 0. The average Bonchev–Trinajstić information content (AvgIpc) is 3.10. The molecule has 0 radical (unpaired) electrons. The van der Waals surface area contributed by atoms with Crippen LogP contribution in [0.25, 0.3) is 0 Å². The number of hydrogen-bond acceptors (Lipinski definition) is 4. The first kappa shape index (κ1) is 13.5. The lowest BCUT2D eigenvalue weighted by Crippen LogP contribution is -2.27. The second-order valence-corrected chi connectivity index (χ2v) is 6.46. The number of nitrogens with one attached hydrogen (secondary N) is 1. The van der Waals surface area contributed by atoms with Crippen LogP contribution in [0, 0.1) is 5.92 Å². The number of aromatic nitrogens is 2. The highest BCUT2D eigenvalue weighted by Crippen LogP contribution is 2.30. The van der Waals surface area contributed by atoms with Crippen molar-refractivity contribution in [2.45, 2.75) is 19.4 Å². The minimum absolute atomic E-state index is 0.198. The minimum atomic E-state index is -0.887. The van der Waals surface area contributed by atoms with E-state index < -0.39 is 10.8 Å². The molecule has 1 aliphatic carbocycles. The summed E-state index contributed by atoms with van der Waals surface area (Å²) in [7, 11) is -0.887. The summed E-state index contributed by atoms with van der Waals surface area (Å²) in [6.45, 7) is 1.12. The van der Waals surface area contributed by atoms with Gasteiger partial charge in [-0.15, -0.1) is 0 Å². The molecule has 7 heteroatoms. The molecule has 1 aliphatic rings. The maximum atomic E-state index is 12.1. The molecule has 1 atom stereocenters. The summed E-state index contributed by atoms with van der Waals surface area (Å²) >= 11 is 5.95. The van der Waals surface area contributed by atoms with Crippen molar-refractivity contribution < 1.29 is 4.21 Å². The fourth-order valence-electron chi connectivity index (χ4n) is 1.62. The smallest absolute Gasteiger partial charge is 0.291 e. The Kier molecular flexibility index (Phi) is 4.40. The van der Waals surface area contributed by atoms with E-state index in [-0.39, 0.29) is 5.56 Å². The molecular weight excluding hydrogens is 274 g/mol. The van der Waals surface area contributed by atoms with E-state index in [0.717, 1.165) is 12.8 Å². The molecule has 0 aromatic carbocycles. The van der Waals surface area contributed by atoms with Gasteiger partial charge in [-0.05, 0) is 18.8 Å². The van der Waals surface area contributed by atoms with Gasteiger partial charge in [-0.3, -0.25) is 9.00 Å². The number of hydrogen-bond donors (Lipinski definition) is 1. The van der Waals surface area contributed by atoms with Crippen LogP contribution in [0.4, 0.5) is 5.69 Å². The molecule has 1 unspecified atom stereocenters. The first-order valence-electron chi connectivity index (χ1n) is 5.87. The average molecular weight is 290 g/mol. The van der Waals surface area contributed by atoms with E-state index in [2.05, 4.69) is 10.4 Å². The zero-order valence-electron chi connectivity index (χ0n) is 10.2. The van der Waals surface area contributed by atoms with Gasteiger partial charge in [0.25, 0.3) is 5.56 Å². The van der Waals surface area contributed by atoms with Gasteiger partial charge in [-0.1, -0.05) is 11.6 Å². The highest BCUT2D eigenvalue weighted by atomic mass is 35.5. The molecule has 100 valence electrons. The van der Waals surface area contributed by atoms with Crippen LogP contribution >= 0.6 is 11.6 Å². The SMILES string of the molecule is CS(=O)CCNc1c(Cl)cnn(CC2CC2)c1=O. The van der Waals surface area contributed by atoms with Gasteiger partial charge in [-0.2, -0.15) is 5.10 Å². The summed E-state index contributed by atoms with van der Waals surface area (Å²) in [6.07, 6.45) is 5.43. The molecule has 0 saturated heterocycles. The van der Waals surface area contributed by atoms with Crippen molar-refractivity contribution in [1.29, 1.82) is 0 Å². The number of halogens is 1. The van der Waals surface area contributed by atoms with E-state index >= 15 is 0 Å². The topological polar surface area (TPSA) is 64.0 Å². The number of nitrogens with zero attached hydrogens (tertiary/aromatic N) is 2. The first-order valence-corrected chi connectivity index (χ1v) is 7.98. The molecule has 18 heavy (non-hydrogen) atoms. The quantitative estimate of drug-likeness (QED) is 0.852. The largest absolute Gasteiger partial charge is 0.378 e. The van der Waals surface area contributed by atoms with Crippen molar-refractivity contribution in [1.82, 2.24) is 9.78 Å². The number of anilines is 1. The molecule has 1 saturated carbocycles. The maximum Gasteiger partial charge on any atom is 0.291 e. The van der Waals surface area contributed by atoms with Gasteiger partial charge >= 0.3 is 0 Å². The molecule has 1 aromatic heterocycles. The van der Waals surface area contributed by atoms with Crippen LogP contribution in [0.5, 0.6) is 0 Å². The zero-order chi connectivity index (χ0) is 13.1. The van der Waals surface area contributed by atoms with Crippen molar-refractivity contribution in [3.8, 4) is 0 Å². The maximum absolute atomic E-state index is 12.1. The van der Waals surface area contributed by atoms with E-state index in [1.165, 1.54) is 10.9 Å². The molecule has 0 spiro atoms. The summed E-state index contributed by atoms with van der Waals surface area (Å²) in [5.74, 6) is 1.06. The van der Waals surface area contributed by atoms with Crippen LogP contribution in [0.3, 0.4) is 0 Å². The van der Waals surface area contributed by atoms with Crippen molar-refractivity contribution in [3.05, 3.63) is 21.6 Å². The van der Waals surface area contributed by atoms with Gasteiger partial charge in [-0.25, -0.2) is 4.68 Å². The summed E-state index contributed by atoms with van der Waals surface area (Å²) < 4.78 is 12.4. The second kappa shape index (κ2) is 5.84. The van der Waals surface area contributed by atoms with Crippen molar-refractivity contribution in [3.63, 3.8) is 0 Å². The molecule has 1 fully saturated rings. The van der Waals surface area contributed by atoms with Crippen LogP contribution in [0.2, 0.25) is 5.02 Å². The van der Waals surface area contributed by atoms with Crippen LogP contribution < -0.4 is 10.9 Å². The normalized spacial score (nSPS) is 16.6. The monoisotopic (exact) mass is 289 g/mol. The lowest BCUT2D eigenvalue weighted by atomic mass is 10.4. The highest BCUT2D eigenvalue weighted by molar-refractivity contribution is 7.84. The lowest BCUT2D eigenvalue weighted by molar-refractivity contribution is 0.534. The Morgan fingerprint density at radius 1 is 1.61 bits per heavy atom. The first-order chi connectivity index (χ1) is 8.58. The van der Waals surface area contributed by atoms with Crippen molar-refractivity contribution in [2.75, 3.05) is 23.9 Å². The van der Waals surface area contributed by atoms with E-state index in [4.69, 9.17) is 11.6 Å². The predicted octanol–water partition coefficient (Wildman–Crippen LogP) is 1.10. The standard InChI is InChI=1S/C11H16ClN3O2S/c1-18(17)5-4-13-10-9(12)6-14-15(11(10)16)7-8-2-3-8/h6,8,13H,2-5,7H2,1H3. The predicted molar refractivity (Wildman–Crippen MR) is 73.7 cm³/mol. The van der Waals surface area contributed by atoms with E-state index in [1.807, 2.05) is 0 Å².